The number of esters is 1. The van der Waals surface area contributed by atoms with Crippen LogP contribution in [-0.4, -0.2) is 46.1 Å². The molecule has 0 saturated carbocycles. The van der Waals surface area contributed by atoms with E-state index in [2.05, 4.69) is 10.6 Å². The lowest BCUT2D eigenvalue weighted by molar-refractivity contribution is -0.0176. The van der Waals surface area contributed by atoms with Crippen LogP contribution in [0, 0.1) is 0 Å². The Morgan fingerprint density at radius 1 is 1.00 bits per heavy atom. The van der Waals surface area contributed by atoms with E-state index in [4.69, 9.17) is 4.74 Å². The highest BCUT2D eigenvalue weighted by atomic mass is 32.1. The number of nitrogens with one attached hydrogen (secondary N) is 2. The number of anilines is 1. The Bertz CT molecular complexity index is 1380. The maximum Gasteiger partial charge on any atom is 0.341 e. The number of alkyl halides is 2. The molecule has 1 aliphatic carbocycles. The van der Waals surface area contributed by atoms with Crippen LogP contribution in [0.5, 0.6) is 0 Å². The van der Waals surface area contributed by atoms with Crippen LogP contribution in [0.25, 0.3) is 5.00 Å². The Morgan fingerprint density at radius 2 is 1.73 bits per heavy atom. The van der Waals surface area contributed by atoms with Gasteiger partial charge in [-0.1, -0.05) is 0 Å². The zero-order valence-corrected chi connectivity index (χ0v) is 25.0. The Labute approximate surface area is 241 Å². The van der Waals surface area contributed by atoms with Gasteiger partial charge in [-0.2, -0.15) is 0 Å². The number of ether oxygens (including phenoxy) is 1. The highest BCUT2D eigenvalue weighted by Gasteiger charge is 2.32. The fraction of sp³-hybridized carbons (Fsp3) is 0.517. The summed E-state index contributed by atoms with van der Waals surface area (Å²) in [6, 6.07) is 3.47. The zero-order chi connectivity index (χ0) is 28.7. The van der Waals surface area contributed by atoms with Crippen molar-refractivity contribution in [3.63, 3.8) is 0 Å². The largest absolute Gasteiger partial charge is 0.456 e. The quantitative estimate of drug-likeness (QED) is 0.298. The molecule has 0 aromatic carbocycles. The highest BCUT2D eigenvalue weighted by molar-refractivity contribution is 7.17. The summed E-state index contributed by atoms with van der Waals surface area (Å²) in [5.74, 6) is -3.16. The van der Waals surface area contributed by atoms with Crippen molar-refractivity contribution in [3.05, 3.63) is 56.5 Å². The predicted molar refractivity (Wildman–Crippen MR) is 155 cm³/mol. The van der Waals surface area contributed by atoms with Gasteiger partial charge in [0, 0.05) is 54.3 Å². The summed E-state index contributed by atoms with van der Waals surface area (Å²) in [6.07, 6.45) is 8.29. The number of hydrogen-bond acceptors (Lipinski definition) is 6. The summed E-state index contributed by atoms with van der Waals surface area (Å²) in [4.78, 5) is 30.3. The third-order valence-electron chi connectivity index (χ3n) is 6.99. The van der Waals surface area contributed by atoms with Crippen molar-refractivity contribution in [2.75, 3.05) is 18.4 Å². The molecule has 0 unspecified atom stereocenters. The summed E-state index contributed by atoms with van der Waals surface area (Å²) >= 11 is 3.04. The lowest BCUT2D eigenvalue weighted by Crippen LogP contribution is -2.38. The van der Waals surface area contributed by atoms with Gasteiger partial charge in [-0.25, -0.2) is 18.4 Å². The van der Waals surface area contributed by atoms with Crippen molar-refractivity contribution in [2.45, 2.75) is 84.4 Å². The highest BCUT2D eigenvalue weighted by Crippen LogP contribution is 2.40. The number of halogens is 2. The zero-order valence-electron chi connectivity index (χ0n) is 23.4. The number of aromatic nitrogens is 1. The second-order valence-electron chi connectivity index (χ2n) is 11.6. The Balaban J connectivity index is 1.35. The second-order valence-corrected chi connectivity index (χ2v) is 13.8. The van der Waals surface area contributed by atoms with Crippen LogP contribution in [0.1, 0.15) is 77.3 Å². The minimum atomic E-state index is -2.75. The minimum Gasteiger partial charge on any atom is -0.456 e. The molecule has 11 heteroatoms. The molecule has 2 N–H and O–H groups in total. The minimum absolute atomic E-state index is 0.274. The van der Waals surface area contributed by atoms with E-state index in [0.29, 0.717) is 30.1 Å². The third kappa shape index (κ3) is 6.58. The van der Waals surface area contributed by atoms with Gasteiger partial charge in [-0.05, 0) is 76.1 Å². The van der Waals surface area contributed by atoms with Gasteiger partial charge in [0.25, 0.3) is 5.92 Å². The Morgan fingerprint density at radius 3 is 2.42 bits per heavy atom. The molecule has 3 aromatic heterocycles. The number of aryl methyl sites for hydroxylation is 1. The molecule has 0 atom stereocenters. The predicted octanol–water partition coefficient (Wildman–Crippen LogP) is 6.77. The van der Waals surface area contributed by atoms with Crippen LogP contribution in [0.2, 0.25) is 0 Å². The fourth-order valence-electron chi connectivity index (χ4n) is 5.41. The molecule has 0 bridgehead atoms. The van der Waals surface area contributed by atoms with Gasteiger partial charge in [0.15, 0.2) is 0 Å². The van der Waals surface area contributed by atoms with Crippen molar-refractivity contribution >= 4 is 39.7 Å². The maximum atomic E-state index is 13.7. The van der Waals surface area contributed by atoms with E-state index >= 15 is 0 Å². The van der Waals surface area contributed by atoms with Gasteiger partial charge in [-0.15, -0.1) is 22.7 Å². The number of carbonyl (C=O) groups excluding carboxylic acids is 2. The smallest absolute Gasteiger partial charge is 0.341 e. The molecule has 0 spiro atoms. The first-order chi connectivity index (χ1) is 18.9. The fourth-order valence-corrected chi connectivity index (χ4v) is 8.06. The SMILES string of the molecule is CC(F)(F)CN1CCc2c(sc(-n3cccc3)c2CNC(=O)Nc2sc3c(c2C(=O)OC(C)(C)C)CCCC3)C1. The van der Waals surface area contributed by atoms with Crippen LogP contribution in [0.15, 0.2) is 24.5 Å². The number of hydrogen-bond donors (Lipinski definition) is 2. The third-order valence-corrected chi connectivity index (χ3v) is 9.47. The molecule has 40 heavy (non-hydrogen) atoms. The molecule has 0 radical (unpaired) electrons. The van der Waals surface area contributed by atoms with Crippen molar-refractivity contribution < 1.29 is 23.1 Å². The molecule has 2 amide bonds. The van der Waals surface area contributed by atoms with Gasteiger partial charge >= 0.3 is 12.0 Å². The Kier molecular flexibility index (Phi) is 8.09. The van der Waals surface area contributed by atoms with Crippen molar-refractivity contribution in [1.29, 1.82) is 0 Å². The van der Waals surface area contributed by atoms with Gasteiger partial charge < -0.3 is 14.6 Å². The monoisotopic (exact) mass is 590 g/mol. The molecule has 3 aromatic rings. The number of rotatable bonds is 7. The molecule has 1 aliphatic heterocycles. The van der Waals surface area contributed by atoms with E-state index in [0.717, 1.165) is 64.1 Å². The first kappa shape index (κ1) is 28.8. The van der Waals surface area contributed by atoms with Gasteiger partial charge in [-0.3, -0.25) is 10.2 Å². The number of thiophene rings is 2. The molecule has 7 nitrogen and oxygen atoms in total. The second kappa shape index (κ2) is 11.3. The number of amides is 2. The Hall–Kier alpha value is -2.76. The maximum absolute atomic E-state index is 13.7. The van der Waals surface area contributed by atoms with E-state index in [1.165, 1.54) is 11.3 Å². The molecular weight excluding hydrogens is 554 g/mol. The molecule has 0 fully saturated rings. The van der Waals surface area contributed by atoms with E-state index < -0.39 is 23.5 Å². The summed E-state index contributed by atoms with van der Waals surface area (Å²) < 4.78 is 35.1. The van der Waals surface area contributed by atoms with E-state index in [1.807, 2.05) is 49.9 Å². The normalized spacial score (nSPS) is 15.8. The average molecular weight is 591 g/mol. The van der Waals surface area contributed by atoms with Crippen LogP contribution in [0.4, 0.5) is 18.6 Å². The standard InChI is InChI=1S/C29H36F2N4O3S2/c1-28(2,3)38-26(36)23-19-9-5-6-10-21(19)39-24(23)33-27(37)32-15-20-18-11-14-34(17-29(4,30)31)16-22(18)40-25(20)35-12-7-8-13-35/h7-8,12-13H,5-6,9-11,14-17H2,1-4H3,(H2,32,33,37). The average Bonchev–Trinajstić information content (AvgIpc) is 3.57. The number of nitrogens with zero attached hydrogens (tertiary/aromatic N) is 2. The molecule has 4 heterocycles. The van der Waals surface area contributed by atoms with Gasteiger partial charge in [0.1, 0.15) is 15.6 Å². The lowest BCUT2D eigenvalue weighted by Gasteiger charge is -2.29. The lowest BCUT2D eigenvalue weighted by atomic mass is 9.95. The molecule has 5 rings (SSSR count). The van der Waals surface area contributed by atoms with Crippen LogP contribution >= 0.6 is 22.7 Å². The molecule has 0 saturated heterocycles. The van der Waals surface area contributed by atoms with Crippen LogP contribution in [-0.2, 0) is 37.1 Å². The van der Waals surface area contributed by atoms with E-state index in [1.54, 1.807) is 16.2 Å². The molecule has 216 valence electrons. The van der Waals surface area contributed by atoms with Gasteiger partial charge in [0.2, 0.25) is 0 Å². The summed E-state index contributed by atoms with van der Waals surface area (Å²) in [6.45, 7) is 7.46. The van der Waals surface area contributed by atoms with E-state index in [-0.39, 0.29) is 13.1 Å². The number of carbonyl (C=O) groups is 2. The molecule has 2 aliphatic rings. The number of urea groups is 1. The van der Waals surface area contributed by atoms with Crippen molar-refractivity contribution in [3.8, 4) is 5.00 Å². The van der Waals surface area contributed by atoms with E-state index in [9.17, 15) is 18.4 Å². The topological polar surface area (TPSA) is 75.6 Å². The first-order valence-corrected chi connectivity index (χ1v) is 15.3. The van der Waals surface area contributed by atoms with Crippen molar-refractivity contribution in [1.82, 2.24) is 14.8 Å². The van der Waals surface area contributed by atoms with Crippen molar-refractivity contribution in [2.24, 2.45) is 0 Å². The van der Waals surface area contributed by atoms with Crippen LogP contribution in [0.3, 0.4) is 0 Å². The summed E-state index contributed by atoms with van der Waals surface area (Å²) in [7, 11) is 0. The van der Waals surface area contributed by atoms with Gasteiger partial charge in [0.05, 0.1) is 12.1 Å². The first-order valence-electron chi connectivity index (χ1n) is 13.7. The summed E-state index contributed by atoms with van der Waals surface area (Å²) in [5, 5.41) is 7.43. The molecular formula is C29H36F2N4O3S2. The van der Waals surface area contributed by atoms with Crippen LogP contribution < -0.4 is 10.6 Å². The number of fused-ring (bicyclic) bond motifs is 2. The summed E-state index contributed by atoms with van der Waals surface area (Å²) in [5.41, 5.74) is 2.93.